The first-order chi connectivity index (χ1) is 7.65. The molecule has 0 bridgehead atoms. The average molecular weight is 226 g/mol. The van der Waals surface area contributed by atoms with Gasteiger partial charge in [-0.15, -0.1) is 0 Å². The fourth-order valence-corrected chi connectivity index (χ4v) is 2.21. The predicted octanol–water partition coefficient (Wildman–Crippen LogP) is 1.88. The third-order valence-corrected chi connectivity index (χ3v) is 3.74. The van der Waals surface area contributed by atoms with Gasteiger partial charge >= 0.3 is 0 Å². The Morgan fingerprint density at radius 2 is 2.06 bits per heavy atom. The van der Waals surface area contributed by atoms with E-state index >= 15 is 0 Å². The highest BCUT2D eigenvalue weighted by Gasteiger charge is 2.18. The van der Waals surface area contributed by atoms with E-state index in [9.17, 15) is 4.79 Å². The van der Waals surface area contributed by atoms with Crippen LogP contribution in [0.3, 0.4) is 0 Å². The molecule has 1 saturated heterocycles. The van der Waals surface area contributed by atoms with Crippen LogP contribution in [0.2, 0.25) is 0 Å². The van der Waals surface area contributed by atoms with Crippen molar-refractivity contribution in [1.82, 2.24) is 10.2 Å². The summed E-state index contributed by atoms with van der Waals surface area (Å²) in [5.74, 6) is 1.29. The zero-order chi connectivity index (χ0) is 12.0. The topological polar surface area (TPSA) is 32.3 Å². The smallest absolute Gasteiger partial charge is 0.225 e. The van der Waals surface area contributed by atoms with Gasteiger partial charge in [-0.1, -0.05) is 13.8 Å². The van der Waals surface area contributed by atoms with Crippen molar-refractivity contribution in [2.45, 2.75) is 39.5 Å². The highest BCUT2D eigenvalue weighted by atomic mass is 16.2. The minimum Gasteiger partial charge on any atom is -0.346 e. The Morgan fingerprint density at radius 3 is 2.62 bits per heavy atom. The molecule has 0 radical (unpaired) electrons. The van der Waals surface area contributed by atoms with Gasteiger partial charge in [-0.3, -0.25) is 4.79 Å². The molecule has 0 saturated carbocycles. The molecule has 1 fully saturated rings. The molecule has 94 valence electrons. The van der Waals surface area contributed by atoms with Crippen LogP contribution >= 0.6 is 0 Å². The van der Waals surface area contributed by atoms with E-state index in [-0.39, 0.29) is 5.92 Å². The molecule has 1 aliphatic heterocycles. The second-order valence-corrected chi connectivity index (χ2v) is 5.05. The Labute approximate surface area is 99.6 Å². The number of nitrogens with one attached hydrogen (secondary N) is 1. The molecule has 1 unspecified atom stereocenters. The van der Waals surface area contributed by atoms with Crippen molar-refractivity contribution in [3.8, 4) is 0 Å². The molecule has 16 heavy (non-hydrogen) atoms. The molecule has 0 spiro atoms. The molecule has 0 aromatic rings. The summed E-state index contributed by atoms with van der Waals surface area (Å²) in [5, 5.41) is 3.37. The number of rotatable bonds is 5. The van der Waals surface area contributed by atoms with E-state index in [1.54, 1.807) is 0 Å². The van der Waals surface area contributed by atoms with E-state index in [0.717, 1.165) is 32.0 Å². The Bertz CT molecular complexity index is 212. The van der Waals surface area contributed by atoms with Crippen LogP contribution in [0, 0.1) is 11.8 Å². The van der Waals surface area contributed by atoms with Crippen molar-refractivity contribution in [3.63, 3.8) is 0 Å². The van der Waals surface area contributed by atoms with Crippen LogP contribution in [0.5, 0.6) is 0 Å². The van der Waals surface area contributed by atoms with Gasteiger partial charge in [0.1, 0.15) is 0 Å². The minimum atomic E-state index is 0.179. The lowest BCUT2D eigenvalue weighted by molar-refractivity contribution is -0.133. The van der Waals surface area contributed by atoms with Crippen molar-refractivity contribution in [3.05, 3.63) is 0 Å². The number of hydrogen-bond acceptors (Lipinski definition) is 2. The van der Waals surface area contributed by atoms with Crippen LogP contribution in [0.25, 0.3) is 0 Å². The molecule has 3 nitrogen and oxygen atoms in total. The molecule has 1 amide bonds. The number of amides is 1. The van der Waals surface area contributed by atoms with Crippen molar-refractivity contribution in [2.24, 2.45) is 11.8 Å². The average Bonchev–Trinajstić information content (AvgIpc) is 2.35. The number of nitrogens with zero attached hydrogens (tertiary/aromatic N) is 1. The number of carbonyl (C=O) groups excluding carboxylic acids is 1. The highest BCUT2D eigenvalue weighted by Crippen LogP contribution is 2.16. The first kappa shape index (κ1) is 13.5. The summed E-state index contributed by atoms with van der Waals surface area (Å²) in [6, 6.07) is 0. The van der Waals surface area contributed by atoms with Crippen molar-refractivity contribution >= 4 is 5.91 Å². The van der Waals surface area contributed by atoms with Crippen molar-refractivity contribution in [2.75, 3.05) is 26.7 Å². The lowest BCUT2D eigenvalue weighted by atomic mass is 9.94. The lowest BCUT2D eigenvalue weighted by Crippen LogP contribution is -2.35. The molecule has 0 aliphatic carbocycles. The third-order valence-electron chi connectivity index (χ3n) is 3.74. The fourth-order valence-electron chi connectivity index (χ4n) is 2.21. The quantitative estimate of drug-likeness (QED) is 0.776. The van der Waals surface area contributed by atoms with E-state index in [0.29, 0.717) is 5.91 Å². The van der Waals surface area contributed by atoms with E-state index in [2.05, 4.69) is 12.2 Å². The maximum absolute atomic E-state index is 11.9. The highest BCUT2D eigenvalue weighted by molar-refractivity contribution is 5.78. The standard InChI is InChI=1S/C13H26N2O/c1-4-11(2)13(16)15(3)10-7-12-5-8-14-9-6-12/h11-12,14H,4-10H2,1-3H3. The minimum absolute atomic E-state index is 0.179. The molecule has 3 heteroatoms. The van der Waals surface area contributed by atoms with Crippen molar-refractivity contribution < 1.29 is 4.79 Å². The Morgan fingerprint density at radius 1 is 1.44 bits per heavy atom. The molecule has 1 atom stereocenters. The fraction of sp³-hybridized carbons (Fsp3) is 0.923. The van der Waals surface area contributed by atoms with Gasteiger partial charge in [-0.2, -0.15) is 0 Å². The maximum Gasteiger partial charge on any atom is 0.225 e. The maximum atomic E-state index is 11.9. The van der Waals surface area contributed by atoms with Gasteiger partial charge < -0.3 is 10.2 Å². The number of carbonyl (C=O) groups is 1. The molecule has 1 rings (SSSR count). The second-order valence-electron chi connectivity index (χ2n) is 5.05. The van der Waals surface area contributed by atoms with Gasteiger partial charge in [0.05, 0.1) is 0 Å². The van der Waals surface area contributed by atoms with Crippen LogP contribution in [-0.4, -0.2) is 37.5 Å². The van der Waals surface area contributed by atoms with E-state index in [1.807, 2.05) is 18.9 Å². The first-order valence-corrected chi connectivity index (χ1v) is 6.60. The number of hydrogen-bond donors (Lipinski definition) is 1. The molecule has 0 aromatic carbocycles. The summed E-state index contributed by atoms with van der Waals surface area (Å²) >= 11 is 0. The van der Waals surface area contributed by atoms with Gasteiger partial charge in [0.2, 0.25) is 5.91 Å². The van der Waals surface area contributed by atoms with Gasteiger partial charge in [0.15, 0.2) is 0 Å². The van der Waals surface area contributed by atoms with Crippen LogP contribution < -0.4 is 5.32 Å². The lowest BCUT2D eigenvalue weighted by Gasteiger charge is -2.26. The normalized spacial score (nSPS) is 19.4. The van der Waals surface area contributed by atoms with Gasteiger partial charge in [-0.25, -0.2) is 0 Å². The summed E-state index contributed by atoms with van der Waals surface area (Å²) in [6.07, 6.45) is 4.65. The Hall–Kier alpha value is -0.570. The van der Waals surface area contributed by atoms with Crippen LogP contribution in [-0.2, 0) is 4.79 Å². The molecular weight excluding hydrogens is 200 g/mol. The monoisotopic (exact) mass is 226 g/mol. The van der Waals surface area contributed by atoms with Crippen LogP contribution in [0.4, 0.5) is 0 Å². The zero-order valence-electron chi connectivity index (χ0n) is 11.0. The SMILES string of the molecule is CCC(C)C(=O)N(C)CCC1CCNCC1. The molecule has 1 heterocycles. The summed E-state index contributed by atoms with van der Waals surface area (Å²) < 4.78 is 0. The molecular formula is C13H26N2O. The molecule has 1 N–H and O–H groups in total. The summed E-state index contributed by atoms with van der Waals surface area (Å²) in [5.41, 5.74) is 0. The van der Waals surface area contributed by atoms with Crippen LogP contribution in [0.1, 0.15) is 39.5 Å². The van der Waals surface area contributed by atoms with Gasteiger partial charge in [0.25, 0.3) is 0 Å². The first-order valence-electron chi connectivity index (χ1n) is 6.60. The largest absolute Gasteiger partial charge is 0.346 e. The van der Waals surface area contributed by atoms with E-state index in [1.165, 1.54) is 19.3 Å². The number of piperidine rings is 1. The molecule has 1 aliphatic rings. The zero-order valence-corrected chi connectivity index (χ0v) is 11.0. The van der Waals surface area contributed by atoms with Gasteiger partial charge in [0, 0.05) is 19.5 Å². The summed E-state index contributed by atoms with van der Waals surface area (Å²) in [4.78, 5) is 13.8. The second kappa shape index (κ2) is 6.89. The third kappa shape index (κ3) is 4.12. The van der Waals surface area contributed by atoms with E-state index < -0.39 is 0 Å². The van der Waals surface area contributed by atoms with Crippen LogP contribution in [0.15, 0.2) is 0 Å². The Balaban J connectivity index is 2.22. The molecule has 0 aromatic heterocycles. The Kier molecular flexibility index (Phi) is 5.81. The van der Waals surface area contributed by atoms with E-state index in [4.69, 9.17) is 0 Å². The van der Waals surface area contributed by atoms with Crippen molar-refractivity contribution in [1.29, 1.82) is 0 Å². The summed E-state index contributed by atoms with van der Waals surface area (Å²) in [7, 11) is 1.94. The predicted molar refractivity (Wildman–Crippen MR) is 67.3 cm³/mol. The summed E-state index contributed by atoms with van der Waals surface area (Å²) in [6.45, 7) is 7.31. The van der Waals surface area contributed by atoms with Gasteiger partial charge in [-0.05, 0) is 44.7 Å².